The smallest absolute Gasteiger partial charge is 0.320 e. The van der Waals surface area contributed by atoms with Crippen LogP contribution in [-0.4, -0.2) is 65.8 Å². The Morgan fingerprint density at radius 2 is 2.11 bits per heavy atom. The lowest BCUT2D eigenvalue weighted by Crippen LogP contribution is -2.50. The maximum Gasteiger partial charge on any atom is 0.320 e. The first-order chi connectivity index (χ1) is 8.52. The SMILES string of the molecule is CC1CCCN1C(=O)N(C)C1COCC1C(=O)O. The number of likely N-dealkylation sites (N-methyl/N-ethyl adjacent to an activating group) is 1. The molecule has 3 unspecified atom stereocenters. The molecule has 0 radical (unpaired) electrons. The van der Waals surface area contributed by atoms with Gasteiger partial charge >= 0.3 is 12.0 Å². The summed E-state index contributed by atoms with van der Waals surface area (Å²) in [4.78, 5) is 26.8. The van der Waals surface area contributed by atoms with Crippen molar-refractivity contribution >= 4 is 12.0 Å². The predicted molar refractivity (Wildman–Crippen MR) is 64.3 cm³/mol. The summed E-state index contributed by atoms with van der Waals surface area (Å²) in [6.07, 6.45) is 2.04. The minimum Gasteiger partial charge on any atom is -0.481 e. The summed E-state index contributed by atoms with van der Waals surface area (Å²) in [5, 5.41) is 9.10. The molecule has 1 N–H and O–H groups in total. The lowest BCUT2D eigenvalue weighted by atomic mass is 10.0. The summed E-state index contributed by atoms with van der Waals surface area (Å²) in [6.45, 7) is 3.28. The molecule has 3 atom stereocenters. The lowest BCUT2D eigenvalue weighted by Gasteiger charge is -2.32. The van der Waals surface area contributed by atoms with Crippen molar-refractivity contribution in [2.45, 2.75) is 31.8 Å². The molecule has 2 saturated heterocycles. The second-order valence-electron chi connectivity index (χ2n) is 5.13. The number of hydrogen-bond donors (Lipinski definition) is 1. The van der Waals surface area contributed by atoms with Crippen LogP contribution in [0.3, 0.4) is 0 Å². The van der Waals surface area contributed by atoms with E-state index in [0.717, 1.165) is 19.4 Å². The third-order valence-corrected chi connectivity index (χ3v) is 3.97. The third kappa shape index (κ3) is 2.29. The Hall–Kier alpha value is -1.30. The van der Waals surface area contributed by atoms with Crippen LogP contribution >= 0.6 is 0 Å². The van der Waals surface area contributed by atoms with Gasteiger partial charge in [0.15, 0.2) is 0 Å². The van der Waals surface area contributed by atoms with Crippen LogP contribution in [0.15, 0.2) is 0 Å². The minimum atomic E-state index is -0.897. The van der Waals surface area contributed by atoms with Crippen LogP contribution in [0.4, 0.5) is 4.79 Å². The number of rotatable bonds is 2. The van der Waals surface area contributed by atoms with Gasteiger partial charge in [-0.2, -0.15) is 0 Å². The van der Waals surface area contributed by atoms with E-state index in [4.69, 9.17) is 9.84 Å². The molecule has 6 heteroatoms. The highest BCUT2D eigenvalue weighted by Gasteiger charge is 2.40. The number of nitrogens with zero attached hydrogens (tertiary/aromatic N) is 2. The molecular weight excluding hydrogens is 236 g/mol. The Kier molecular flexibility index (Phi) is 3.75. The average molecular weight is 256 g/mol. The highest BCUT2D eigenvalue weighted by Crippen LogP contribution is 2.23. The second-order valence-corrected chi connectivity index (χ2v) is 5.13. The van der Waals surface area contributed by atoms with Crippen LogP contribution in [0.2, 0.25) is 0 Å². The Morgan fingerprint density at radius 1 is 1.39 bits per heavy atom. The van der Waals surface area contributed by atoms with Gasteiger partial charge < -0.3 is 19.6 Å². The zero-order valence-electron chi connectivity index (χ0n) is 10.8. The van der Waals surface area contributed by atoms with Crippen molar-refractivity contribution in [1.82, 2.24) is 9.80 Å². The fraction of sp³-hybridized carbons (Fsp3) is 0.833. The molecule has 2 fully saturated rings. The second kappa shape index (κ2) is 5.14. The van der Waals surface area contributed by atoms with Gasteiger partial charge in [0.05, 0.1) is 19.3 Å². The zero-order valence-corrected chi connectivity index (χ0v) is 10.8. The molecule has 2 amide bonds. The molecule has 2 aliphatic rings. The van der Waals surface area contributed by atoms with Gasteiger partial charge in [-0.25, -0.2) is 4.79 Å². The monoisotopic (exact) mass is 256 g/mol. The summed E-state index contributed by atoms with van der Waals surface area (Å²) in [5.41, 5.74) is 0. The Morgan fingerprint density at radius 3 is 2.67 bits per heavy atom. The molecule has 2 heterocycles. The highest BCUT2D eigenvalue weighted by molar-refractivity contribution is 5.77. The summed E-state index contributed by atoms with van der Waals surface area (Å²) in [7, 11) is 1.67. The molecular formula is C12H20N2O4. The predicted octanol–water partition coefficient (Wildman–Crippen LogP) is 0.622. The van der Waals surface area contributed by atoms with Crippen LogP contribution < -0.4 is 0 Å². The summed E-state index contributed by atoms with van der Waals surface area (Å²) >= 11 is 0. The van der Waals surface area contributed by atoms with E-state index in [-0.39, 0.29) is 24.7 Å². The van der Waals surface area contributed by atoms with Gasteiger partial charge in [-0.1, -0.05) is 0 Å². The van der Waals surface area contributed by atoms with E-state index in [0.29, 0.717) is 6.61 Å². The average Bonchev–Trinajstić information content (AvgIpc) is 2.95. The first-order valence-electron chi connectivity index (χ1n) is 6.36. The van der Waals surface area contributed by atoms with Crippen molar-refractivity contribution < 1.29 is 19.4 Å². The van der Waals surface area contributed by atoms with Crippen molar-refractivity contribution in [2.75, 3.05) is 26.8 Å². The van der Waals surface area contributed by atoms with Gasteiger partial charge in [-0.3, -0.25) is 4.79 Å². The fourth-order valence-electron chi connectivity index (χ4n) is 2.72. The molecule has 18 heavy (non-hydrogen) atoms. The Labute approximate surface area is 106 Å². The molecule has 0 aromatic heterocycles. The van der Waals surface area contributed by atoms with Gasteiger partial charge in [0, 0.05) is 19.6 Å². The normalized spacial score (nSPS) is 31.7. The third-order valence-electron chi connectivity index (χ3n) is 3.97. The van der Waals surface area contributed by atoms with Crippen molar-refractivity contribution in [3.8, 4) is 0 Å². The van der Waals surface area contributed by atoms with E-state index in [1.54, 1.807) is 7.05 Å². The van der Waals surface area contributed by atoms with Gasteiger partial charge in [-0.05, 0) is 19.8 Å². The maximum atomic E-state index is 12.3. The van der Waals surface area contributed by atoms with Crippen LogP contribution in [-0.2, 0) is 9.53 Å². The summed E-state index contributed by atoms with van der Waals surface area (Å²) < 4.78 is 5.20. The summed E-state index contributed by atoms with van der Waals surface area (Å²) in [6, 6.07) is -0.199. The number of likely N-dealkylation sites (tertiary alicyclic amines) is 1. The first kappa shape index (κ1) is 13.1. The number of carboxylic acids is 1. The molecule has 2 aliphatic heterocycles. The molecule has 0 spiro atoms. The van der Waals surface area contributed by atoms with Crippen LogP contribution in [0.25, 0.3) is 0 Å². The maximum absolute atomic E-state index is 12.3. The molecule has 0 aromatic rings. The number of hydrogen-bond acceptors (Lipinski definition) is 3. The van der Waals surface area contributed by atoms with Crippen molar-refractivity contribution in [2.24, 2.45) is 5.92 Å². The number of urea groups is 1. The quantitative estimate of drug-likeness (QED) is 0.786. The van der Waals surface area contributed by atoms with Crippen LogP contribution in [0.1, 0.15) is 19.8 Å². The fourth-order valence-corrected chi connectivity index (χ4v) is 2.72. The number of aliphatic carboxylic acids is 1. The van der Waals surface area contributed by atoms with Crippen molar-refractivity contribution in [3.05, 3.63) is 0 Å². The van der Waals surface area contributed by atoms with Crippen LogP contribution in [0.5, 0.6) is 0 Å². The number of carbonyl (C=O) groups excluding carboxylic acids is 1. The van der Waals surface area contributed by atoms with E-state index in [1.165, 1.54) is 4.90 Å². The van der Waals surface area contributed by atoms with E-state index in [9.17, 15) is 9.59 Å². The minimum absolute atomic E-state index is 0.0817. The lowest BCUT2D eigenvalue weighted by molar-refractivity contribution is -0.142. The van der Waals surface area contributed by atoms with Gasteiger partial charge in [-0.15, -0.1) is 0 Å². The van der Waals surface area contributed by atoms with Crippen molar-refractivity contribution in [3.63, 3.8) is 0 Å². The standard InChI is InChI=1S/C12H20N2O4/c1-8-4-3-5-14(8)12(17)13(2)10-7-18-6-9(10)11(15)16/h8-10H,3-7H2,1-2H3,(H,15,16). The molecule has 2 rings (SSSR count). The van der Waals surface area contributed by atoms with E-state index < -0.39 is 11.9 Å². The molecule has 0 aliphatic carbocycles. The van der Waals surface area contributed by atoms with Gasteiger partial charge in [0.1, 0.15) is 5.92 Å². The molecule has 102 valence electrons. The number of amides is 2. The first-order valence-corrected chi connectivity index (χ1v) is 6.36. The summed E-state index contributed by atoms with van der Waals surface area (Å²) in [5.74, 6) is -1.51. The Balaban J connectivity index is 2.04. The molecule has 0 aromatic carbocycles. The van der Waals surface area contributed by atoms with E-state index in [2.05, 4.69) is 0 Å². The van der Waals surface area contributed by atoms with E-state index >= 15 is 0 Å². The highest BCUT2D eigenvalue weighted by atomic mass is 16.5. The number of carbonyl (C=O) groups is 2. The zero-order chi connectivity index (χ0) is 13.3. The van der Waals surface area contributed by atoms with Gasteiger partial charge in [0.25, 0.3) is 0 Å². The largest absolute Gasteiger partial charge is 0.481 e. The Bertz CT molecular complexity index is 347. The van der Waals surface area contributed by atoms with Gasteiger partial charge in [0.2, 0.25) is 0 Å². The molecule has 0 bridgehead atoms. The van der Waals surface area contributed by atoms with Crippen molar-refractivity contribution in [1.29, 1.82) is 0 Å². The number of ether oxygens (including phenoxy) is 1. The van der Waals surface area contributed by atoms with E-state index in [1.807, 2.05) is 11.8 Å². The topological polar surface area (TPSA) is 70.1 Å². The number of carboxylic acid groups (broad SMARTS) is 1. The van der Waals surface area contributed by atoms with Crippen LogP contribution in [0, 0.1) is 5.92 Å². The molecule has 6 nitrogen and oxygen atoms in total. The molecule has 0 saturated carbocycles.